The van der Waals surface area contributed by atoms with Crippen LogP contribution in [0.2, 0.25) is 0 Å². The molecule has 0 atom stereocenters. The van der Waals surface area contributed by atoms with Crippen LogP contribution < -0.4 is 10.2 Å². The van der Waals surface area contributed by atoms with Gasteiger partial charge < -0.3 is 30.0 Å². The number of carbonyl (C=O) groups is 2. The molecule has 0 aromatic rings. The summed E-state index contributed by atoms with van der Waals surface area (Å²) in [5, 5.41) is 33.4. The maximum atomic E-state index is 9.26. The third-order valence-electron chi connectivity index (χ3n) is 0.389. The second-order valence-electron chi connectivity index (χ2n) is 1.66. The molecule has 0 aromatic carbocycles. The van der Waals surface area contributed by atoms with Crippen LogP contribution in [-0.4, -0.2) is 35.4 Å². The van der Waals surface area contributed by atoms with Gasteiger partial charge in [0.25, 0.3) is 0 Å². The van der Waals surface area contributed by atoms with Crippen molar-refractivity contribution in [3.8, 4) is 0 Å². The van der Waals surface area contributed by atoms with E-state index >= 15 is 0 Å². The minimum absolute atomic E-state index is 0.111. The summed E-state index contributed by atoms with van der Waals surface area (Å²) in [7, 11) is 0. The van der Waals surface area contributed by atoms with E-state index in [0.29, 0.717) is 0 Å². The highest BCUT2D eigenvalue weighted by atomic mass is 16.4. The zero-order valence-corrected chi connectivity index (χ0v) is 7.65. The molecule has 0 saturated carbocycles. The molecule has 0 saturated heterocycles. The predicted molar refractivity (Wildman–Crippen MR) is 40.2 cm³/mol. The molecule has 0 fully saturated rings. The third-order valence-corrected chi connectivity index (χ3v) is 0.389. The van der Waals surface area contributed by atoms with Crippen LogP contribution in [0.25, 0.3) is 0 Å². The maximum Gasteiger partial charge on any atom is 0.0662 e. The van der Waals surface area contributed by atoms with E-state index in [4.69, 9.17) is 20.1 Å². The molecule has 0 aliphatic carbocycles. The maximum absolute atomic E-state index is 9.26. The van der Waals surface area contributed by atoms with Gasteiger partial charge in [-0.2, -0.15) is 0 Å². The Morgan fingerprint density at radius 3 is 1.31 bits per heavy atom. The molecule has 6 heteroatoms. The Bertz CT molecular complexity index is 116. The van der Waals surface area contributed by atoms with Gasteiger partial charge in [0.05, 0.1) is 13.2 Å². The predicted octanol–water partition coefficient (Wildman–Crippen LogP) is -3.13. The van der Waals surface area contributed by atoms with Gasteiger partial charge in [0, 0.05) is 11.9 Å². The van der Waals surface area contributed by atoms with Gasteiger partial charge >= 0.3 is 0 Å². The fraction of sp³-hybridized carbons (Fsp3) is 0.714. The van der Waals surface area contributed by atoms with Crippen molar-refractivity contribution < 1.29 is 30.0 Å². The first-order valence-corrected chi connectivity index (χ1v) is 3.51. The summed E-state index contributed by atoms with van der Waals surface area (Å²) in [4.78, 5) is 18.1. The number of rotatable bonds is 2. The van der Waals surface area contributed by atoms with Gasteiger partial charge in [-0.05, 0) is 13.3 Å². The molecular weight excluding hydrogens is 180 g/mol. The van der Waals surface area contributed by atoms with Crippen molar-refractivity contribution in [1.82, 2.24) is 0 Å². The van der Waals surface area contributed by atoms with Crippen LogP contribution >= 0.6 is 0 Å². The summed E-state index contributed by atoms with van der Waals surface area (Å²) in [6.45, 7) is 2.26. The van der Waals surface area contributed by atoms with Crippen LogP contribution in [0.3, 0.4) is 0 Å². The molecule has 0 aliphatic rings. The van der Waals surface area contributed by atoms with E-state index in [1.165, 1.54) is 6.92 Å². The number of hydrogen-bond donors (Lipinski definition) is 2. The van der Waals surface area contributed by atoms with Crippen molar-refractivity contribution in [2.75, 3.05) is 13.2 Å². The number of carbonyl (C=O) groups excluding carboxylic acids is 2. The van der Waals surface area contributed by atoms with Gasteiger partial charge in [-0.25, -0.2) is 0 Å². The summed E-state index contributed by atoms with van der Waals surface area (Å²) in [5.41, 5.74) is 0. The van der Waals surface area contributed by atoms with Crippen LogP contribution in [0.1, 0.15) is 20.3 Å². The van der Waals surface area contributed by atoms with E-state index in [1.54, 1.807) is 0 Å². The Kier molecular flexibility index (Phi) is 23.4. The summed E-state index contributed by atoms with van der Waals surface area (Å²) < 4.78 is 0. The van der Waals surface area contributed by atoms with Crippen LogP contribution in [0, 0.1) is 0 Å². The molecular formula is C7H14O6-2. The average molecular weight is 194 g/mol. The normalized spacial score (nSPS) is 7.08. The summed E-state index contributed by atoms with van der Waals surface area (Å²) in [6.07, 6.45) is 0.111. The number of hydrogen-bond acceptors (Lipinski definition) is 6. The first kappa shape index (κ1) is 17.8. The van der Waals surface area contributed by atoms with Gasteiger partial charge in [0.2, 0.25) is 0 Å². The SMILES string of the molecule is CC(=O)[O-].CCC(=O)[O-].OCCO. The van der Waals surface area contributed by atoms with Gasteiger partial charge in [0.15, 0.2) is 0 Å². The minimum Gasteiger partial charge on any atom is -0.550 e. The standard InChI is InChI=1S/C3H6O2.C2H4O2.C2H6O2/c1-2-3(4)5;1-2(3)4;3-1-2-4/h2H2,1H3,(H,4,5);1H3,(H,3,4);3-4H,1-2H2/p-2. The smallest absolute Gasteiger partial charge is 0.0662 e. The van der Waals surface area contributed by atoms with Crippen LogP contribution in [0.4, 0.5) is 0 Å². The molecule has 0 aromatic heterocycles. The summed E-state index contributed by atoms with van der Waals surface area (Å²) in [5.74, 6) is -2.08. The van der Waals surface area contributed by atoms with Crippen molar-refractivity contribution >= 4 is 11.9 Å². The second kappa shape index (κ2) is 17.1. The Hall–Kier alpha value is -1.14. The highest BCUT2D eigenvalue weighted by Crippen LogP contribution is 1.61. The van der Waals surface area contributed by atoms with E-state index in [9.17, 15) is 9.90 Å². The summed E-state index contributed by atoms with van der Waals surface area (Å²) >= 11 is 0. The molecule has 13 heavy (non-hydrogen) atoms. The van der Waals surface area contributed by atoms with Gasteiger partial charge in [-0.15, -0.1) is 0 Å². The van der Waals surface area contributed by atoms with Gasteiger partial charge in [-0.1, -0.05) is 6.92 Å². The second-order valence-corrected chi connectivity index (χ2v) is 1.66. The van der Waals surface area contributed by atoms with E-state index in [0.717, 1.165) is 6.92 Å². The molecule has 2 N–H and O–H groups in total. The van der Waals surface area contributed by atoms with Crippen molar-refractivity contribution in [3.63, 3.8) is 0 Å². The number of aliphatic carboxylic acids is 2. The van der Waals surface area contributed by atoms with Crippen molar-refractivity contribution in [3.05, 3.63) is 0 Å². The molecule has 0 aliphatic heterocycles. The topological polar surface area (TPSA) is 121 Å². The van der Waals surface area contributed by atoms with Crippen LogP contribution in [0.5, 0.6) is 0 Å². The lowest BCUT2D eigenvalue weighted by molar-refractivity contribution is -0.305. The number of carboxylic acid groups (broad SMARTS) is 2. The molecule has 0 spiro atoms. The lowest BCUT2D eigenvalue weighted by Gasteiger charge is -1.87. The summed E-state index contributed by atoms with van der Waals surface area (Å²) in [6, 6.07) is 0. The zero-order chi connectivity index (χ0) is 11.3. The largest absolute Gasteiger partial charge is 0.550 e. The fourth-order valence-electron chi connectivity index (χ4n) is 0. The van der Waals surface area contributed by atoms with Crippen molar-refractivity contribution in [1.29, 1.82) is 0 Å². The molecule has 0 amide bonds. The zero-order valence-electron chi connectivity index (χ0n) is 7.65. The third kappa shape index (κ3) is 246. The quantitative estimate of drug-likeness (QED) is 0.479. The monoisotopic (exact) mass is 194 g/mol. The molecule has 0 rings (SSSR count). The lowest BCUT2D eigenvalue weighted by atomic mass is 10.5. The molecule has 0 radical (unpaired) electrons. The number of aliphatic hydroxyl groups excluding tert-OH is 2. The van der Waals surface area contributed by atoms with Gasteiger partial charge in [-0.3, -0.25) is 0 Å². The van der Waals surface area contributed by atoms with Crippen molar-refractivity contribution in [2.45, 2.75) is 20.3 Å². The first-order valence-electron chi connectivity index (χ1n) is 3.51. The number of aliphatic hydroxyl groups is 2. The Morgan fingerprint density at radius 2 is 1.31 bits per heavy atom. The molecule has 6 nitrogen and oxygen atoms in total. The fourth-order valence-corrected chi connectivity index (χ4v) is 0. The van der Waals surface area contributed by atoms with E-state index < -0.39 is 11.9 Å². The van der Waals surface area contributed by atoms with Crippen molar-refractivity contribution in [2.24, 2.45) is 0 Å². The average Bonchev–Trinajstić information content (AvgIpc) is 2.04. The Balaban J connectivity index is -0.000000117. The number of carboxylic acids is 2. The van der Waals surface area contributed by atoms with E-state index in [1.807, 2.05) is 0 Å². The molecule has 80 valence electrons. The van der Waals surface area contributed by atoms with E-state index in [2.05, 4.69) is 0 Å². The van der Waals surface area contributed by atoms with E-state index in [-0.39, 0.29) is 19.6 Å². The van der Waals surface area contributed by atoms with Gasteiger partial charge in [0.1, 0.15) is 0 Å². The first-order chi connectivity index (χ1) is 5.92. The highest BCUT2D eigenvalue weighted by Gasteiger charge is 1.65. The molecule has 0 heterocycles. The minimum atomic E-state index is -1.08. The lowest BCUT2D eigenvalue weighted by Crippen LogP contribution is -2.19. The Labute approximate surface area is 76.4 Å². The Morgan fingerprint density at radius 1 is 1.15 bits per heavy atom. The van der Waals surface area contributed by atoms with Crippen LogP contribution in [-0.2, 0) is 9.59 Å². The molecule has 0 bridgehead atoms. The highest BCUT2D eigenvalue weighted by molar-refractivity contribution is 5.63. The van der Waals surface area contributed by atoms with Crippen LogP contribution in [0.15, 0.2) is 0 Å². The molecule has 0 unspecified atom stereocenters.